The molecule has 2 aromatic rings. The van der Waals surface area contributed by atoms with Crippen LogP contribution >= 0.6 is 22.7 Å². The second-order valence-electron chi connectivity index (χ2n) is 2.66. The van der Waals surface area contributed by atoms with Crippen molar-refractivity contribution in [1.29, 1.82) is 0 Å². The van der Waals surface area contributed by atoms with Gasteiger partial charge in [-0.05, 0) is 30.7 Å². The van der Waals surface area contributed by atoms with Crippen molar-refractivity contribution >= 4 is 22.7 Å². The number of rotatable bonds is 1. The summed E-state index contributed by atoms with van der Waals surface area (Å²) in [6, 6.07) is 2.14. The van der Waals surface area contributed by atoms with Crippen molar-refractivity contribution in [2.45, 2.75) is 13.8 Å². The first-order chi connectivity index (χ1) is 5.77. The van der Waals surface area contributed by atoms with Gasteiger partial charge in [-0.1, -0.05) is 0 Å². The summed E-state index contributed by atoms with van der Waals surface area (Å²) in [4.78, 5) is 5.70. The minimum Gasteiger partial charge on any atom is -0.246 e. The minimum atomic E-state index is 1.15. The fourth-order valence-corrected chi connectivity index (χ4v) is 2.83. The Morgan fingerprint density at radius 1 is 1.33 bits per heavy atom. The van der Waals surface area contributed by atoms with E-state index in [9.17, 15) is 0 Å². The molecule has 0 spiro atoms. The van der Waals surface area contributed by atoms with Crippen molar-refractivity contribution in [2.75, 3.05) is 0 Å². The molecule has 0 aliphatic carbocycles. The lowest BCUT2D eigenvalue weighted by Gasteiger charge is -1.90. The zero-order valence-corrected chi connectivity index (χ0v) is 8.63. The second kappa shape index (κ2) is 2.99. The van der Waals surface area contributed by atoms with Gasteiger partial charge in [0.15, 0.2) is 0 Å². The third-order valence-corrected chi connectivity index (χ3v) is 3.49. The van der Waals surface area contributed by atoms with Gasteiger partial charge in [-0.25, -0.2) is 4.98 Å². The van der Waals surface area contributed by atoms with E-state index in [1.165, 1.54) is 10.4 Å². The predicted molar refractivity (Wildman–Crippen MR) is 54.9 cm³/mol. The largest absolute Gasteiger partial charge is 0.246 e. The SMILES string of the molecule is Cc1nc(C)c(-c2ccsc2)s1. The van der Waals surface area contributed by atoms with Crippen molar-refractivity contribution < 1.29 is 0 Å². The zero-order valence-electron chi connectivity index (χ0n) is 7.00. The molecule has 62 valence electrons. The number of hydrogen-bond donors (Lipinski definition) is 0. The summed E-state index contributed by atoms with van der Waals surface area (Å²) >= 11 is 3.50. The molecular weight excluding hydrogens is 186 g/mol. The average Bonchev–Trinajstić information content (AvgIpc) is 2.58. The van der Waals surface area contributed by atoms with E-state index in [1.807, 2.05) is 6.92 Å². The topological polar surface area (TPSA) is 12.9 Å². The van der Waals surface area contributed by atoms with Gasteiger partial charge in [0.05, 0.1) is 15.6 Å². The van der Waals surface area contributed by atoms with Crippen LogP contribution in [0.15, 0.2) is 16.8 Å². The van der Waals surface area contributed by atoms with Gasteiger partial charge in [0.25, 0.3) is 0 Å². The fourth-order valence-electron chi connectivity index (χ4n) is 1.19. The molecule has 0 aliphatic rings. The molecule has 0 bridgehead atoms. The van der Waals surface area contributed by atoms with Gasteiger partial charge in [-0.3, -0.25) is 0 Å². The molecule has 0 saturated heterocycles. The van der Waals surface area contributed by atoms with Crippen molar-refractivity contribution in [3.05, 3.63) is 27.5 Å². The Hall–Kier alpha value is -0.670. The van der Waals surface area contributed by atoms with Crippen LogP contribution in [0.2, 0.25) is 0 Å². The molecule has 0 saturated carbocycles. The van der Waals surface area contributed by atoms with Crippen molar-refractivity contribution in [3.8, 4) is 10.4 Å². The van der Waals surface area contributed by atoms with Crippen LogP contribution in [0.25, 0.3) is 10.4 Å². The van der Waals surface area contributed by atoms with Gasteiger partial charge < -0.3 is 0 Å². The lowest BCUT2D eigenvalue weighted by atomic mass is 10.2. The molecule has 0 aromatic carbocycles. The minimum absolute atomic E-state index is 1.15. The Morgan fingerprint density at radius 2 is 2.17 bits per heavy atom. The first kappa shape index (κ1) is 7.95. The quantitative estimate of drug-likeness (QED) is 0.678. The van der Waals surface area contributed by atoms with E-state index in [-0.39, 0.29) is 0 Å². The maximum atomic E-state index is 4.39. The summed E-state index contributed by atoms with van der Waals surface area (Å²) < 4.78 is 0. The lowest BCUT2D eigenvalue weighted by Crippen LogP contribution is -1.73. The van der Waals surface area contributed by atoms with Crippen molar-refractivity contribution in [2.24, 2.45) is 0 Å². The highest BCUT2D eigenvalue weighted by atomic mass is 32.1. The van der Waals surface area contributed by atoms with Gasteiger partial charge in [-0.15, -0.1) is 11.3 Å². The van der Waals surface area contributed by atoms with Crippen LogP contribution < -0.4 is 0 Å². The summed E-state index contributed by atoms with van der Waals surface area (Å²) in [6.45, 7) is 4.12. The van der Waals surface area contributed by atoms with Gasteiger partial charge >= 0.3 is 0 Å². The zero-order chi connectivity index (χ0) is 8.55. The third kappa shape index (κ3) is 1.30. The number of thiophene rings is 1. The van der Waals surface area contributed by atoms with E-state index >= 15 is 0 Å². The molecule has 2 aromatic heterocycles. The van der Waals surface area contributed by atoms with E-state index < -0.39 is 0 Å². The molecule has 0 aliphatic heterocycles. The fraction of sp³-hybridized carbons (Fsp3) is 0.222. The van der Waals surface area contributed by atoms with Gasteiger partial charge in [0.2, 0.25) is 0 Å². The maximum Gasteiger partial charge on any atom is 0.0903 e. The van der Waals surface area contributed by atoms with E-state index in [0.717, 1.165) is 10.7 Å². The molecule has 2 rings (SSSR count). The number of aromatic nitrogens is 1. The number of thiazole rings is 1. The molecule has 3 heteroatoms. The molecule has 0 radical (unpaired) electrons. The highest BCUT2D eigenvalue weighted by Gasteiger charge is 2.06. The maximum absolute atomic E-state index is 4.39. The van der Waals surface area contributed by atoms with E-state index in [4.69, 9.17) is 0 Å². The Kier molecular flexibility index (Phi) is 1.98. The molecule has 2 heterocycles. The second-order valence-corrected chi connectivity index (χ2v) is 4.64. The smallest absolute Gasteiger partial charge is 0.0903 e. The lowest BCUT2D eigenvalue weighted by molar-refractivity contribution is 1.20. The first-order valence-corrected chi connectivity index (χ1v) is 5.50. The molecule has 12 heavy (non-hydrogen) atoms. The summed E-state index contributed by atoms with van der Waals surface area (Å²) in [5.74, 6) is 0. The molecule has 0 unspecified atom stereocenters. The molecule has 0 atom stereocenters. The molecule has 0 amide bonds. The van der Waals surface area contributed by atoms with Gasteiger partial charge in [-0.2, -0.15) is 11.3 Å². The summed E-state index contributed by atoms with van der Waals surface area (Å²) in [5.41, 5.74) is 2.46. The monoisotopic (exact) mass is 195 g/mol. The van der Waals surface area contributed by atoms with Crippen LogP contribution in [0.4, 0.5) is 0 Å². The standard InChI is InChI=1S/C9H9NS2/c1-6-9(12-7(2)10-6)8-3-4-11-5-8/h3-5H,1-2H3. The van der Waals surface area contributed by atoms with Crippen molar-refractivity contribution in [1.82, 2.24) is 4.98 Å². The normalized spacial score (nSPS) is 10.5. The summed E-state index contributed by atoms with van der Waals surface area (Å²) in [5, 5.41) is 5.41. The van der Waals surface area contributed by atoms with E-state index in [0.29, 0.717) is 0 Å². The first-order valence-electron chi connectivity index (χ1n) is 3.74. The number of hydrogen-bond acceptors (Lipinski definition) is 3. The summed E-state index contributed by atoms with van der Waals surface area (Å²) in [7, 11) is 0. The van der Waals surface area contributed by atoms with Crippen molar-refractivity contribution in [3.63, 3.8) is 0 Å². The summed E-state index contributed by atoms with van der Waals surface area (Å²) in [6.07, 6.45) is 0. The van der Waals surface area contributed by atoms with Gasteiger partial charge in [0.1, 0.15) is 0 Å². The highest BCUT2D eigenvalue weighted by molar-refractivity contribution is 7.15. The van der Waals surface area contributed by atoms with Crippen LogP contribution in [0.5, 0.6) is 0 Å². The Morgan fingerprint density at radius 3 is 2.67 bits per heavy atom. The predicted octanol–water partition coefficient (Wildman–Crippen LogP) is 3.49. The van der Waals surface area contributed by atoms with Crippen LogP contribution in [0.1, 0.15) is 10.7 Å². The Balaban J connectivity index is 2.54. The Bertz CT molecular complexity index is 373. The average molecular weight is 195 g/mol. The van der Waals surface area contributed by atoms with Crippen LogP contribution in [-0.2, 0) is 0 Å². The van der Waals surface area contributed by atoms with Gasteiger partial charge in [0, 0.05) is 5.56 Å². The van der Waals surface area contributed by atoms with E-state index in [2.05, 4.69) is 28.7 Å². The molecule has 0 fully saturated rings. The third-order valence-electron chi connectivity index (χ3n) is 1.69. The molecule has 0 N–H and O–H groups in total. The number of nitrogens with zero attached hydrogens (tertiary/aromatic N) is 1. The Labute approximate surface area is 79.7 Å². The van der Waals surface area contributed by atoms with Crippen LogP contribution in [-0.4, -0.2) is 4.98 Å². The molecular formula is C9H9NS2. The highest BCUT2D eigenvalue weighted by Crippen LogP contribution is 2.30. The number of aryl methyl sites for hydroxylation is 2. The van der Waals surface area contributed by atoms with E-state index in [1.54, 1.807) is 22.7 Å². The van der Waals surface area contributed by atoms with Crippen LogP contribution in [0.3, 0.4) is 0 Å². The molecule has 1 nitrogen and oxygen atoms in total. The van der Waals surface area contributed by atoms with Crippen LogP contribution in [0, 0.1) is 13.8 Å².